The van der Waals surface area contributed by atoms with Gasteiger partial charge in [-0.25, -0.2) is 0 Å². The first kappa shape index (κ1) is 36.4. The summed E-state index contributed by atoms with van der Waals surface area (Å²) in [6, 6.07) is 73.7. The molecule has 0 saturated carbocycles. The van der Waals surface area contributed by atoms with Crippen LogP contribution < -0.4 is 4.90 Å². The van der Waals surface area contributed by atoms with E-state index in [2.05, 4.69) is 221 Å². The number of para-hydroxylation sites is 3. The number of benzene rings is 9. The maximum absolute atomic E-state index is 6.32. The maximum Gasteiger partial charge on any atom is 0.136 e. The van der Waals surface area contributed by atoms with Crippen molar-refractivity contribution >= 4 is 39.0 Å². The molecule has 0 bridgehead atoms. The molecule has 1 aromatic heterocycles. The average Bonchev–Trinajstić information content (AvgIpc) is 3.89. The van der Waals surface area contributed by atoms with Gasteiger partial charge in [-0.15, -0.1) is 0 Å². The van der Waals surface area contributed by atoms with Gasteiger partial charge in [-0.3, -0.25) is 0 Å². The fraction of sp³-hybridized carbons (Fsp3) is 0.100. The van der Waals surface area contributed by atoms with Crippen LogP contribution in [0.5, 0.6) is 0 Å². The van der Waals surface area contributed by atoms with Crippen molar-refractivity contribution in [1.29, 1.82) is 0 Å². The zero-order chi connectivity index (χ0) is 41.7. The van der Waals surface area contributed by atoms with Gasteiger partial charge in [0.05, 0.1) is 11.4 Å². The van der Waals surface area contributed by atoms with Gasteiger partial charge in [-0.05, 0) is 115 Å². The number of furan rings is 1. The van der Waals surface area contributed by atoms with Crippen LogP contribution in [-0.4, -0.2) is 0 Å². The van der Waals surface area contributed by atoms with Gasteiger partial charge in [0.15, 0.2) is 0 Å². The number of nitrogens with zero attached hydrogens (tertiary/aromatic N) is 1. The third-order valence-corrected chi connectivity index (χ3v) is 13.9. The fourth-order valence-electron chi connectivity index (χ4n) is 10.8. The van der Waals surface area contributed by atoms with Crippen LogP contribution in [0.15, 0.2) is 205 Å². The van der Waals surface area contributed by atoms with Gasteiger partial charge >= 0.3 is 0 Å². The standard InChI is InChI=1S/C60H45NO/c1-59(2)50-22-10-5-17-43(50)49-36-40(31-35-52(49)59)42-16-7-12-25-54(42)61(41-32-28-38(29-33-41)39-30-34-46-45-19-9-14-27-56(45)62-57(46)37-39)55-26-13-8-18-44(55)47-21-15-24-53-58(47)48-20-6-11-23-51(48)60(53,3)4/h5-37H,1-4H3. The van der Waals surface area contributed by atoms with E-state index < -0.39 is 0 Å². The predicted octanol–water partition coefficient (Wildman–Crippen LogP) is 16.7. The highest BCUT2D eigenvalue weighted by Crippen LogP contribution is 2.55. The van der Waals surface area contributed by atoms with Crippen LogP contribution in [-0.2, 0) is 10.8 Å². The van der Waals surface area contributed by atoms with Gasteiger partial charge < -0.3 is 9.32 Å². The Morgan fingerprint density at radius 3 is 1.66 bits per heavy atom. The molecule has 0 spiro atoms. The molecule has 0 N–H and O–H groups in total. The summed E-state index contributed by atoms with van der Waals surface area (Å²) in [6.07, 6.45) is 0. The molecule has 0 radical (unpaired) electrons. The van der Waals surface area contributed by atoms with E-state index in [0.717, 1.165) is 50.1 Å². The summed E-state index contributed by atoms with van der Waals surface area (Å²) in [5, 5.41) is 2.28. The van der Waals surface area contributed by atoms with E-state index in [1.54, 1.807) is 0 Å². The van der Waals surface area contributed by atoms with Crippen molar-refractivity contribution in [2.45, 2.75) is 38.5 Å². The van der Waals surface area contributed by atoms with E-state index >= 15 is 0 Å². The summed E-state index contributed by atoms with van der Waals surface area (Å²) in [6.45, 7) is 9.42. The molecule has 62 heavy (non-hydrogen) atoms. The molecule has 2 aliphatic rings. The van der Waals surface area contributed by atoms with Crippen LogP contribution in [0.1, 0.15) is 49.9 Å². The van der Waals surface area contributed by atoms with Gasteiger partial charge in [0, 0.05) is 38.4 Å². The van der Waals surface area contributed by atoms with Crippen molar-refractivity contribution < 1.29 is 4.42 Å². The van der Waals surface area contributed by atoms with Crippen LogP contribution in [0.4, 0.5) is 17.1 Å². The zero-order valence-electron chi connectivity index (χ0n) is 35.4. The molecule has 2 heteroatoms. The van der Waals surface area contributed by atoms with E-state index in [1.165, 1.54) is 66.8 Å². The van der Waals surface area contributed by atoms with Crippen LogP contribution in [0.25, 0.3) is 77.6 Å². The third-order valence-electron chi connectivity index (χ3n) is 13.9. The van der Waals surface area contributed by atoms with Gasteiger partial charge in [0.2, 0.25) is 0 Å². The minimum atomic E-state index is -0.106. The molecule has 10 aromatic rings. The van der Waals surface area contributed by atoms with Crippen LogP contribution in [0.3, 0.4) is 0 Å². The summed E-state index contributed by atoms with van der Waals surface area (Å²) in [5.41, 5.74) is 22.8. The Kier molecular flexibility index (Phi) is 7.96. The Morgan fingerprint density at radius 2 is 0.871 bits per heavy atom. The molecule has 0 aliphatic heterocycles. The molecule has 9 aromatic carbocycles. The number of fused-ring (bicyclic) bond motifs is 9. The number of hydrogen-bond acceptors (Lipinski definition) is 2. The van der Waals surface area contributed by atoms with Gasteiger partial charge in [0.25, 0.3) is 0 Å². The van der Waals surface area contributed by atoms with E-state index in [0.29, 0.717) is 0 Å². The second-order valence-electron chi connectivity index (χ2n) is 18.1. The highest BCUT2D eigenvalue weighted by atomic mass is 16.3. The predicted molar refractivity (Wildman–Crippen MR) is 260 cm³/mol. The summed E-state index contributed by atoms with van der Waals surface area (Å²) in [7, 11) is 0. The quantitative estimate of drug-likeness (QED) is 0.167. The summed E-state index contributed by atoms with van der Waals surface area (Å²) >= 11 is 0. The molecular formula is C60H45NO. The Hall–Kier alpha value is -7.42. The maximum atomic E-state index is 6.32. The van der Waals surface area contributed by atoms with E-state index in [-0.39, 0.29) is 10.8 Å². The first-order valence-electron chi connectivity index (χ1n) is 21.8. The lowest BCUT2D eigenvalue weighted by molar-refractivity contribution is 0.660. The Balaban J connectivity index is 1.05. The van der Waals surface area contributed by atoms with Crippen molar-refractivity contribution in [1.82, 2.24) is 0 Å². The molecular weight excluding hydrogens is 751 g/mol. The lowest BCUT2D eigenvalue weighted by Gasteiger charge is -2.30. The highest BCUT2D eigenvalue weighted by molar-refractivity contribution is 6.06. The molecule has 12 rings (SSSR count). The third kappa shape index (κ3) is 5.36. The molecule has 0 atom stereocenters. The molecule has 296 valence electrons. The summed E-state index contributed by atoms with van der Waals surface area (Å²) < 4.78 is 6.32. The highest BCUT2D eigenvalue weighted by Gasteiger charge is 2.38. The lowest BCUT2D eigenvalue weighted by Crippen LogP contribution is -2.15. The number of rotatable bonds is 6. The van der Waals surface area contributed by atoms with Crippen molar-refractivity contribution in [2.24, 2.45) is 0 Å². The SMILES string of the molecule is CC1(C)c2ccccc2-c2cc(-c3ccccc3N(c3ccc(-c4ccc5c(c4)oc4ccccc45)cc3)c3ccccc3-c3cccc4c3-c3ccccc3C4(C)C)ccc21. The number of anilines is 3. The topological polar surface area (TPSA) is 16.4 Å². The molecule has 0 saturated heterocycles. The minimum Gasteiger partial charge on any atom is -0.456 e. The summed E-state index contributed by atoms with van der Waals surface area (Å²) in [4.78, 5) is 2.48. The van der Waals surface area contributed by atoms with Crippen LogP contribution in [0, 0.1) is 0 Å². The van der Waals surface area contributed by atoms with Gasteiger partial charge in [0.1, 0.15) is 11.2 Å². The molecule has 2 nitrogen and oxygen atoms in total. The van der Waals surface area contributed by atoms with Crippen molar-refractivity contribution in [3.8, 4) is 55.6 Å². The van der Waals surface area contributed by atoms with E-state index in [1.807, 2.05) is 12.1 Å². The minimum absolute atomic E-state index is 0.0608. The van der Waals surface area contributed by atoms with Crippen LogP contribution in [0.2, 0.25) is 0 Å². The second-order valence-corrected chi connectivity index (χ2v) is 18.1. The first-order valence-corrected chi connectivity index (χ1v) is 21.8. The lowest BCUT2D eigenvalue weighted by atomic mass is 9.82. The number of hydrogen-bond donors (Lipinski definition) is 0. The fourth-order valence-corrected chi connectivity index (χ4v) is 10.8. The Morgan fingerprint density at radius 1 is 0.339 bits per heavy atom. The average molecular weight is 796 g/mol. The van der Waals surface area contributed by atoms with E-state index in [4.69, 9.17) is 4.42 Å². The normalized spacial score (nSPS) is 14.1. The molecule has 0 amide bonds. The molecule has 0 fully saturated rings. The molecule has 2 aliphatic carbocycles. The van der Waals surface area contributed by atoms with Gasteiger partial charge in [-0.2, -0.15) is 0 Å². The monoisotopic (exact) mass is 795 g/mol. The van der Waals surface area contributed by atoms with Gasteiger partial charge in [-0.1, -0.05) is 179 Å². The van der Waals surface area contributed by atoms with Crippen molar-refractivity contribution in [2.75, 3.05) is 4.90 Å². The zero-order valence-corrected chi connectivity index (χ0v) is 35.4. The molecule has 1 heterocycles. The Labute approximate surface area is 363 Å². The smallest absolute Gasteiger partial charge is 0.136 e. The van der Waals surface area contributed by atoms with Crippen molar-refractivity contribution in [3.63, 3.8) is 0 Å². The van der Waals surface area contributed by atoms with E-state index in [9.17, 15) is 0 Å². The Bertz CT molecular complexity index is 3420. The first-order chi connectivity index (χ1) is 30.3. The largest absolute Gasteiger partial charge is 0.456 e. The second kappa shape index (κ2) is 13.5. The summed E-state index contributed by atoms with van der Waals surface area (Å²) in [5.74, 6) is 0. The molecule has 0 unspecified atom stereocenters. The van der Waals surface area contributed by atoms with Crippen molar-refractivity contribution in [3.05, 3.63) is 222 Å². The van der Waals surface area contributed by atoms with Crippen LogP contribution >= 0.6 is 0 Å².